The van der Waals surface area contributed by atoms with Crippen LogP contribution in [0.3, 0.4) is 0 Å². The summed E-state index contributed by atoms with van der Waals surface area (Å²) in [7, 11) is 1.41. The molecule has 0 saturated carbocycles. The maximum Gasteiger partial charge on any atom is 0.315 e. The van der Waals surface area contributed by atoms with Crippen molar-refractivity contribution in [2.45, 2.75) is 12.2 Å². The largest absolute Gasteiger partial charge is 0.468 e. The van der Waals surface area contributed by atoms with Crippen LogP contribution in [0.1, 0.15) is 17.7 Å². The van der Waals surface area contributed by atoms with E-state index < -0.39 is 0 Å². The Morgan fingerprint density at radius 1 is 1.19 bits per heavy atom. The lowest BCUT2D eigenvalue weighted by atomic mass is 10.0. The molecule has 1 unspecified atom stereocenters. The average Bonchev–Trinajstić information content (AvgIpc) is 2.53. The maximum atomic E-state index is 11.2. The number of ether oxygens (including phenoxy) is 1. The summed E-state index contributed by atoms with van der Waals surface area (Å²) in [5.74, 6) is 0.170. The molecule has 0 aliphatic rings. The lowest BCUT2D eigenvalue weighted by molar-refractivity contribution is -0.137. The van der Waals surface area contributed by atoms with Gasteiger partial charge in [-0.25, -0.2) is 0 Å². The van der Waals surface area contributed by atoms with E-state index in [1.807, 2.05) is 24.3 Å². The van der Waals surface area contributed by atoms with Gasteiger partial charge in [0.05, 0.1) is 12.9 Å². The first-order valence-electron chi connectivity index (χ1n) is 6.65. The van der Waals surface area contributed by atoms with Crippen LogP contribution in [-0.2, 0) is 9.53 Å². The topological polar surface area (TPSA) is 26.3 Å². The van der Waals surface area contributed by atoms with E-state index in [4.69, 9.17) is 11.6 Å². The van der Waals surface area contributed by atoms with Crippen molar-refractivity contribution < 1.29 is 9.53 Å². The molecule has 1 atom stereocenters. The Bertz CT molecular complexity index is 610. The minimum atomic E-state index is -0.195. The third-order valence-corrected chi connectivity index (χ3v) is 4.75. The first kappa shape index (κ1) is 15.9. The van der Waals surface area contributed by atoms with Gasteiger partial charge in [-0.15, -0.1) is 11.8 Å². The standard InChI is InChI=1S/C17H17ClO2S/c1-12(21-11-17(19)20-2)13-7-9-14(10-8-13)15-5-3-4-6-16(15)18/h3-10,12H,11H2,1-2H3. The number of thioether (sulfide) groups is 1. The van der Waals surface area contributed by atoms with E-state index >= 15 is 0 Å². The Kier molecular flexibility index (Phi) is 5.71. The zero-order valence-electron chi connectivity index (χ0n) is 12.0. The molecule has 21 heavy (non-hydrogen) atoms. The monoisotopic (exact) mass is 320 g/mol. The molecular formula is C17H17ClO2S. The fraction of sp³-hybridized carbons (Fsp3) is 0.235. The van der Waals surface area contributed by atoms with Crippen LogP contribution < -0.4 is 0 Å². The summed E-state index contributed by atoms with van der Waals surface area (Å²) in [6.45, 7) is 2.08. The van der Waals surface area contributed by atoms with Gasteiger partial charge in [0, 0.05) is 15.8 Å². The predicted octanol–water partition coefficient (Wildman–Crippen LogP) is 4.97. The van der Waals surface area contributed by atoms with Crippen molar-refractivity contribution in [3.63, 3.8) is 0 Å². The Morgan fingerprint density at radius 2 is 1.86 bits per heavy atom. The second kappa shape index (κ2) is 7.53. The van der Waals surface area contributed by atoms with Crippen molar-refractivity contribution in [1.82, 2.24) is 0 Å². The molecule has 0 radical (unpaired) electrons. The van der Waals surface area contributed by atoms with Crippen LogP contribution in [0.5, 0.6) is 0 Å². The third kappa shape index (κ3) is 4.26. The first-order chi connectivity index (χ1) is 10.1. The number of esters is 1. The second-order valence-corrected chi connectivity index (χ2v) is 6.37. The average molecular weight is 321 g/mol. The van der Waals surface area contributed by atoms with Gasteiger partial charge >= 0.3 is 5.97 Å². The molecule has 110 valence electrons. The van der Waals surface area contributed by atoms with E-state index in [2.05, 4.69) is 35.9 Å². The molecule has 2 aromatic carbocycles. The minimum absolute atomic E-state index is 0.195. The molecule has 4 heteroatoms. The SMILES string of the molecule is COC(=O)CSC(C)c1ccc(-c2ccccc2Cl)cc1. The molecule has 0 aliphatic heterocycles. The van der Waals surface area contributed by atoms with Gasteiger partial charge in [0.2, 0.25) is 0 Å². The number of benzene rings is 2. The van der Waals surface area contributed by atoms with E-state index in [0.29, 0.717) is 5.75 Å². The maximum absolute atomic E-state index is 11.2. The zero-order valence-corrected chi connectivity index (χ0v) is 13.6. The summed E-state index contributed by atoms with van der Waals surface area (Å²) in [6, 6.07) is 16.1. The molecule has 0 N–H and O–H groups in total. The van der Waals surface area contributed by atoms with Crippen LogP contribution >= 0.6 is 23.4 Å². The Morgan fingerprint density at radius 3 is 2.48 bits per heavy atom. The molecular weight excluding hydrogens is 304 g/mol. The Labute approximate surface area is 134 Å². The summed E-state index contributed by atoms with van der Waals surface area (Å²) in [5.41, 5.74) is 3.30. The number of rotatable bonds is 5. The number of hydrogen-bond donors (Lipinski definition) is 0. The highest BCUT2D eigenvalue weighted by Gasteiger charge is 2.10. The van der Waals surface area contributed by atoms with Crippen molar-refractivity contribution >= 4 is 29.3 Å². The van der Waals surface area contributed by atoms with E-state index in [-0.39, 0.29) is 11.2 Å². The highest BCUT2D eigenvalue weighted by atomic mass is 35.5. The van der Waals surface area contributed by atoms with Gasteiger partial charge in [-0.05, 0) is 24.1 Å². The highest BCUT2D eigenvalue weighted by molar-refractivity contribution is 8.00. The van der Waals surface area contributed by atoms with Crippen molar-refractivity contribution in [2.24, 2.45) is 0 Å². The van der Waals surface area contributed by atoms with Crippen LogP contribution in [0.15, 0.2) is 48.5 Å². The molecule has 0 fully saturated rings. The van der Waals surface area contributed by atoms with Gasteiger partial charge < -0.3 is 4.74 Å². The Balaban J connectivity index is 2.08. The molecule has 0 saturated heterocycles. The zero-order chi connectivity index (χ0) is 15.2. The number of carbonyl (C=O) groups excluding carboxylic acids is 1. The highest BCUT2D eigenvalue weighted by Crippen LogP contribution is 2.32. The molecule has 0 aromatic heterocycles. The van der Waals surface area contributed by atoms with Crippen LogP contribution in [0.2, 0.25) is 5.02 Å². The van der Waals surface area contributed by atoms with Gasteiger partial charge in [0.1, 0.15) is 0 Å². The van der Waals surface area contributed by atoms with Crippen molar-refractivity contribution in [3.05, 3.63) is 59.1 Å². The summed E-state index contributed by atoms with van der Waals surface area (Å²) in [4.78, 5) is 11.2. The molecule has 2 rings (SSSR count). The quantitative estimate of drug-likeness (QED) is 0.727. The van der Waals surface area contributed by atoms with Gasteiger partial charge in [-0.3, -0.25) is 4.79 Å². The van der Waals surface area contributed by atoms with Crippen LogP contribution in [-0.4, -0.2) is 18.8 Å². The molecule has 0 amide bonds. The first-order valence-corrected chi connectivity index (χ1v) is 8.07. The normalized spacial score (nSPS) is 12.0. The fourth-order valence-corrected chi connectivity index (χ4v) is 3.08. The van der Waals surface area contributed by atoms with Gasteiger partial charge in [-0.1, -0.05) is 54.1 Å². The molecule has 2 nitrogen and oxygen atoms in total. The van der Waals surface area contributed by atoms with Gasteiger partial charge in [-0.2, -0.15) is 0 Å². The summed E-state index contributed by atoms with van der Waals surface area (Å²) in [6.07, 6.45) is 0. The number of carbonyl (C=O) groups is 1. The summed E-state index contributed by atoms with van der Waals surface area (Å²) < 4.78 is 4.65. The second-order valence-electron chi connectivity index (χ2n) is 4.63. The lowest BCUT2D eigenvalue weighted by Crippen LogP contribution is -2.04. The summed E-state index contributed by atoms with van der Waals surface area (Å²) >= 11 is 7.77. The van der Waals surface area contributed by atoms with Gasteiger partial charge in [0.25, 0.3) is 0 Å². The van der Waals surface area contributed by atoms with Crippen molar-refractivity contribution in [1.29, 1.82) is 0 Å². The number of hydrogen-bond acceptors (Lipinski definition) is 3. The third-order valence-electron chi connectivity index (χ3n) is 3.24. The van der Waals surface area contributed by atoms with E-state index in [9.17, 15) is 4.79 Å². The van der Waals surface area contributed by atoms with Crippen LogP contribution in [0, 0.1) is 0 Å². The van der Waals surface area contributed by atoms with Crippen molar-refractivity contribution in [3.8, 4) is 11.1 Å². The molecule has 0 bridgehead atoms. The van der Waals surface area contributed by atoms with Gasteiger partial charge in [0.15, 0.2) is 0 Å². The predicted molar refractivity (Wildman–Crippen MR) is 89.8 cm³/mol. The van der Waals surface area contributed by atoms with E-state index in [1.54, 1.807) is 11.8 Å². The minimum Gasteiger partial charge on any atom is -0.468 e. The molecule has 0 spiro atoms. The smallest absolute Gasteiger partial charge is 0.315 e. The number of methoxy groups -OCH3 is 1. The molecule has 0 aliphatic carbocycles. The van der Waals surface area contributed by atoms with E-state index in [0.717, 1.165) is 16.1 Å². The van der Waals surface area contributed by atoms with Crippen LogP contribution in [0.25, 0.3) is 11.1 Å². The van der Waals surface area contributed by atoms with E-state index in [1.165, 1.54) is 12.7 Å². The molecule has 2 aromatic rings. The fourth-order valence-electron chi connectivity index (χ4n) is 1.98. The summed E-state index contributed by atoms with van der Waals surface area (Å²) in [5, 5.41) is 0.989. The molecule has 0 heterocycles. The number of halogens is 1. The lowest BCUT2D eigenvalue weighted by Gasteiger charge is -2.12. The Hall–Kier alpha value is -1.45. The van der Waals surface area contributed by atoms with Crippen molar-refractivity contribution in [2.75, 3.05) is 12.9 Å². The van der Waals surface area contributed by atoms with Crippen LogP contribution in [0.4, 0.5) is 0 Å².